The van der Waals surface area contributed by atoms with Gasteiger partial charge in [0.25, 0.3) is 5.89 Å². The predicted octanol–water partition coefficient (Wildman–Crippen LogP) is 7.08. The van der Waals surface area contributed by atoms with Crippen molar-refractivity contribution in [3.05, 3.63) is 71.2 Å². The molecule has 4 fully saturated rings. The van der Waals surface area contributed by atoms with Crippen LogP contribution in [0.3, 0.4) is 0 Å². The summed E-state index contributed by atoms with van der Waals surface area (Å²) in [6.07, 6.45) is 10.7. The fraction of sp³-hybridized carbons (Fsp3) is 0.450. The Labute approximate surface area is 312 Å². The van der Waals surface area contributed by atoms with Crippen molar-refractivity contribution in [2.75, 3.05) is 44.7 Å². The molecule has 0 N–H and O–H groups in total. The van der Waals surface area contributed by atoms with Crippen molar-refractivity contribution < 1.29 is 18.4 Å². The third kappa shape index (κ3) is 6.09. The third-order valence-corrected chi connectivity index (χ3v) is 12.2. The molecule has 3 saturated heterocycles. The van der Waals surface area contributed by atoms with E-state index in [0.717, 1.165) is 56.0 Å². The van der Waals surface area contributed by atoms with Crippen LogP contribution in [0, 0.1) is 11.7 Å². The van der Waals surface area contributed by atoms with Crippen LogP contribution in [0.2, 0.25) is 5.02 Å². The molecule has 0 radical (unpaired) electrons. The van der Waals surface area contributed by atoms with Crippen molar-refractivity contribution in [1.29, 1.82) is 0 Å². The molecule has 0 spiro atoms. The van der Waals surface area contributed by atoms with Gasteiger partial charge in [-0.15, -0.1) is 0 Å². The molecule has 9 rings (SSSR count). The van der Waals surface area contributed by atoms with E-state index in [1.807, 2.05) is 42.3 Å². The summed E-state index contributed by atoms with van der Waals surface area (Å²) < 4.78 is 28.8. The zero-order valence-electron chi connectivity index (χ0n) is 30.2. The molecule has 5 aromatic rings. The number of anilines is 1. The lowest BCUT2D eigenvalue weighted by Crippen LogP contribution is -2.43. The summed E-state index contributed by atoms with van der Waals surface area (Å²) in [5.41, 5.74) is 0.783. The summed E-state index contributed by atoms with van der Waals surface area (Å²) in [5, 5.41) is 6.69. The van der Waals surface area contributed by atoms with Gasteiger partial charge < -0.3 is 19.1 Å². The van der Waals surface area contributed by atoms with E-state index in [4.69, 9.17) is 30.8 Å². The molecule has 1 aliphatic carbocycles. The van der Waals surface area contributed by atoms with E-state index in [1.165, 1.54) is 6.08 Å². The highest BCUT2D eigenvalue weighted by Gasteiger charge is 2.48. The van der Waals surface area contributed by atoms with E-state index < -0.39 is 5.82 Å². The average Bonchev–Trinajstić information content (AvgIpc) is 3.61. The normalized spacial score (nSPS) is 23.8. The Balaban J connectivity index is 1.03. The number of fused-ring (bicyclic) bond motifs is 3. The van der Waals surface area contributed by atoms with Crippen LogP contribution in [0.25, 0.3) is 39.0 Å². The van der Waals surface area contributed by atoms with Gasteiger partial charge in [-0.1, -0.05) is 60.9 Å². The molecule has 13 heteroatoms. The number of ether oxygens (including phenoxy) is 1. The number of halogens is 2. The number of carbonyl (C=O) groups excluding carboxylic acids is 1. The summed E-state index contributed by atoms with van der Waals surface area (Å²) in [5.74, 6) is 1.37. The number of benzene rings is 2. The Bertz CT molecular complexity index is 2270. The Morgan fingerprint density at radius 3 is 2.79 bits per heavy atom. The van der Waals surface area contributed by atoms with Gasteiger partial charge in [0.1, 0.15) is 23.6 Å². The number of nitrogens with zero attached hydrogens (tertiary/aromatic N) is 8. The summed E-state index contributed by atoms with van der Waals surface area (Å²) in [6, 6.07) is 11.3. The minimum absolute atomic E-state index is 0.0162. The molecule has 4 aliphatic rings. The van der Waals surface area contributed by atoms with Crippen LogP contribution in [0.15, 0.2) is 53.2 Å². The Morgan fingerprint density at radius 2 is 1.96 bits per heavy atom. The van der Waals surface area contributed by atoms with Gasteiger partial charge in [-0.3, -0.25) is 14.7 Å². The molecule has 3 aromatic heterocycles. The second-order valence-electron chi connectivity index (χ2n) is 15.7. The molecule has 11 nitrogen and oxygen atoms in total. The Morgan fingerprint density at radius 1 is 1.13 bits per heavy atom. The van der Waals surface area contributed by atoms with Crippen molar-refractivity contribution in [1.82, 2.24) is 34.9 Å². The number of carbonyl (C=O) groups is 1. The largest absolute Gasteiger partial charge is 0.461 e. The SMILES string of the molecule is C[C@H]1CN2CCC[C@@]2(COc2nc(N(C)[C@@H]3CCN(C(=O)/C=C/c4nc(C5(C)CC5)no4)C3)c3cnc(-c4cccc5cccc(Cl)c45)c(F)c3n2)C1. The first-order valence-electron chi connectivity index (χ1n) is 18.6. The molecular formula is C40H42ClFN8O3. The molecule has 0 bridgehead atoms. The zero-order chi connectivity index (χ0) is 36.5. The van der Waals surface area contributed by atoms with Crippen LogP contribution < -0.4 is 9.64 Å². The van der Waals surface area contributed by atoms with E-state index in [-0.39, 0.29) is 40.1 Å². The Kier molecular flexibility index (Phi) is 8.38. The summed E-state index contributed by atoms with van der Waals surface area (Å²) in [7, 11) is 1.92. The van der Waals surface area contributed by atoms with E-state index in [9.17, 15) is 4.79 Å². The molecule has 1 amide bonds. The lowest BCUT2D eigenvalue weighted by Gasteiger charge is -2.31. The maximum absolute atomic E-state index is 16.9. The molecule has 3 aliphatic heterocycles. The molecule has 1 saturated carbocycles. The highest BCUT2D eigenvalue weighted by Crippen LogP contribution is 2.46. The number of pyridine rings is 1. The number of hydrogen-bond acceptors (Lipinski definition) is 10. The van der Waals surface area contributed by atoms with Crippen LogP contribution in [0.4, 0.5) is 10.2 Å². The third-order valence-electron chi connectivity index (χ3n) is 11.9. The molecule has 274 valence electrons. The van der Waals surface area contributed by atoms with Crippen LogP contribution in [0.5, 0.6) is 6.01 Å². The number of amides is 1. The fourth-order valence-corrected chi connectivity index (χ4v) is 8.98. The highest BCUT2D eigenvalue weighted by atomic mass is 35.5. The first-order chi connectivity index (χ1) is 25.6. The van der Waals surface area contributed by atoms with Gasteiger partial charge in [0.05, 0.1) is 10.9 Å². The highest BCUT2D eigenvalue weighted by molar-refractivity contribution is 6.36. The zero-order valence-corrected chi connectivity index (χ0v) is 30.9. The maximum Gasteiger partial charge on any atom is 0.319 e. The number of likely N-dealkylation sites (N-methyl/N-ethyl adjacent to an activating group) is 1. The molecule has 0 unspecified atom stereocenters. The minimum atomic E-state index is -0.569. The van der Waals surface area contributed by atoms with Gasteiger partial charge in [-0.25, -0.2) is 4.39 Å². The van der Waals surface area contributed by atoms with Gasteiger partial charge in [-0.05, 0) is 62.4 Å². The van der Waals surface area contributed by atoms with Gasteiger partial charge in [0.15, 0.2) is 11.6 Å². The number of hydrogen-bond donors (Lipinski definition) is 0. The van der Waals surface area contributed by atoms with Crippen molar-refractivity contribution >= 4 is 51.1 Å². The molecule has 2 aromatic carbocycles. The second kappa shape index (κ2) is 13.0. The van der Waals surface area contributed by atoms with Gasteiger partial charge in [0.2, 0.25) is 5.91 Å². The quantitative estimate of drug-likeness (QED) is 0.146. The molecule has 6 heterocycles. The van der Waals surface area contributed by atoms with Gasteiger partial charge in [-0.2, -0.15) is 15.0 Å². The van der Waals surface area contributed by atoms with Crippen molar-refractivity contribution in [3.8, 4) is 17.3 Å². The summed E-state index contributed by atoms with van der Waals surface area (Å²) >= 11 is 6.66. The maximum atomic E-state index is 16.9. The molecule has 53 heavy (non-hydrogen) atoms. The van der Waals surface area contributed by atoms with Crippen LogP contribution in [-0.2, 0) is 10.2 Å². The lowest BCUT2D eigenvalue weighted by molar-refractivity contribution is -0.124. The Hall–Kier alpha value is -4.68. The van der Waals surface area contributed by atoms with E-state index >= 15 is 4.39 Å². The number of aromatic nitrogens is 5. The van der Waals surface area contributed by atoms with Crippen molar-refractivity contribution in [2.45, 2.75) is 69.4 Å². The van der Waals surface area contributed by atoms with Gasteiger partial charge in [0, 0.05) is 72.5 Å². The average molecular weight is 737 g/mol. The monoisotopic (exact) mass is 736 g/mol. The van der Waals surface area contributed by atoms with E-state index in [1.54, 1.807) is 23.2 Å². The predicted molar refractivity (Wildman–Crippen MR) is 201 cm³/mol. The smallest absolute Gasteiger partial charge is 0.319 e. The van der Waals surface area contributed by atoms with Crippen LogP contribution in [-0.4, -0.2) is 92.2 Å². The number of rotatable bonds is 9. The molecular weight excluding hydrogens is 695 g/mol. The van der Waals surface area contributed by atoms with Crippen molar-refractivity contribution in [3.63, 3.8) is 0 Å². The summed E-state index contributed by atoms with van der Waals surface area (Å²) in [6.45, 7) is 7.93. The minimum Gasteiger partial charge on any atom is -0.461 e. The van der Waals surface area contributed by atoms with E-state index in [0.29, 0.717) is 65.5 Å². The fourth-order valence-electron chi connectivity index (χ4n) is 8.69. The lowest BCUT2D eigenvalue weighted by atomic mass is 9.92. The first kappa shape index (κ1) is 34.1. The standard InChI is InChI=1S/C40H42ClFN8O3/c1-24-19-40(14-6-17-50(40)21-24)23-52-38-45-35-28(20-43-34(33(35)42)27-9-4-7-25-8-5-10-29(41)32(25)27)36(46-38)48(3)26-13-18-49(22-26)31(51)12-11-30-44-37(47-53-30)39(2)15-16-39/h4-5,7-12,20,24,26H,6,13-19,21-23H2,1-3H3/b12-11+/t24-,26-,40+/m1/s1. The van der Waals surface area contributed by atoms with Crippen LogP contribution >= 0.6 is 11.6 Å². The summed E-state index contributed by atoms with van der Waals surface area (Å²) in [4.78, 5) is 38.4. The first-order valence-corrected chi connectivity index (χ1v) is 18.9. The van der Waals surface area contributed by atoms with Crippen molar-refractivity contribution in [2.24, 2.45) is 5.92 Å². The second-order valence-corrected chi connectivity index (χ2v) is 16.1. The number of likely N-dealkylation sites (tertiary alicyclic amines) is 1. The molecule has 3 atom stereocenters. The van der Waals surface area contributed by atoms with Crippen LogP contribution in [0.1, 0.15) is 64.1 Å². The topological polar surface area (TPSA) is 114 Å². The van der Waals surface area contributed by atoms with E-state index in [2.05, 4.69) is 33.9 Å². The van der Waals surface area contributed by atoms with Gasteiger partial charge >= 0.3 is 6.01 Å².